The molecule has 0 bridgehead atoms. The summed E-state index contributed by atoms with van der Waals surface area (Å²) >= 11 is 0. The highest BCUT2D eigenvalue weighted by Gasteiger charge is 2.30. The zero-order valence-electron chi connectivity index (χ0n) is 9.25. The lowest BCUT2D eigenvalue weighted by Gasteiger charge is -2.30. The highest BCUT2D eigenvalue weighted by Crippen LogP contribution is 2.28. The average Bonchev–Trinajstić information content (AvgIpc) is 2.10. The average molecular weight is 223 g/mol. The molecule has 0 aliphatic rings. The van der Waals surface area contributed by atoms with Gasteiger partial charge in [0.05, 0.1) is 12.4 Å². The van der Waals surface area contributed by atoms with Gasteiger partial charge in [0.2, 0.25) is 10.0 Å². The van der Waals surface area contributed by atoms with Gasteiger partial charge in [-0.05, 0) is 19.8 Å². The van der Waals surface area contributed by atoms with Crippen LogP contribution >= 0.6 is 0 Å². The van der Waals surface area contributed by atoms with Gasteiger partial charge in [0.1, 0.15) is 0 Å². The van der Waals surface area contributed by atoms with Crippen LogP contribution in [0.2, 0.25) is 0 Å². The van der Waals surface area contributed by atoms with Crippen molar-refractivity contribution in [2.45, 2.75) is 33.6 Å². The summed E-state index contributed by atoms with van der Waals surface area (Å²) in [6, 6.07) is 0. The van der Waals surface area contributed by atoms with Crippen molar-refractivity contribution in [3.63, 3.8) is 0 Å². The summed E-state index contributed by atoms with van der Waals surface area (Å²) in [6.45, 7) is 6.90. The number of hydrogen-bond donors (Lipinski definition) is 1. The van der Waals surface area contributed by atoms with Crippen LogP contribution in [0.3, 0.4) is 0 Å². The number of sulfonamides is 1. The highest BCUT2D eigenvalue weighted by atomic mass is 32.2. The van der Waals surface area contributed by atoms with Crippen molar-refractivity contribution < 1.29 is 13.2 Å². The molecule has 0 aromatic rings. The van der Waals surface area contributed by atoms with E-state index in [-0.39, 0.29) is 11.2 Å². The number of nitrogens with two attached hydrogens (primary N) is 1. The van der Waals surface area contributed by atoms with Gasteiger partial charge in [0.15, 0.2) is 0 Å². The predicted octanol–water partition coefficient (Wildman–Crippen LogP) is 1.12. The van der Waals surface area contributed by atoms with Crippen molar-refractivity contribution in [3.05, 3.63) is 0 Å². The van der Waals surface area contributed by atoms with Crippen molar-refractivity contribution in [3.8, 4) is 0 Å². The van der Waals surface area contributed by atoms with Crippen LogP contribution < -0.4 is 5.14 Å². The standard InChI is InChI=1S/C9H21NO3S/c1-4-9(5-2,7-13-6-3)8-14(10,11)12/h4-8H2,1-3H3,(H2,10,11,12). The van der Waals surface area contributed by atoms with E-state index in [1.807, 2.05) is 20.8 Å². The minimum absolute atomic E-state index is 0.00694. The third kappa shape index (κ3) is 4.93. The maximum atomic E-state index is 11.1. The summed E-state index contributed by atoms with van der Waals surface area (Å²) in [5.74, 6) is 0.00694. The summed E-state index contributed by atoms with van der Waals surface area (Å²) in [4.78, 5) is 0. The molecule has 0 aromatic carbocycles. The first kappa shape index (κ1) is 13.9. The maximum absolute atomic E-state index is 11.1. The molecule has 5 heteroatoms. The Bertz CT molecular complexity index is 245. The third-order valence-corrected chi connectivity index (χ3v) is 3.63. The molecule has 0 heterocycles. The lowest BCUT2D eigenvalue weighted by Crippen LogP contribution is -2.36. The summed E-state index contributed by atoms with van der Waals surface area (Å²) < 4.78 is 27.4. The normalized spacial score (nSPS) is 13.1. The van der Waals surface area contributed by atoms with E-state index in [9.17, 15) is 8.42 Å². The molecule has 0 saturated carbocycles. The van der Waals surface area contributed by atoms with Crippen molar-refractivity contribution in [1.82, 2.24) is 0 Å². The first-order chi connectivity index (χ1) is 6.39. The van der Waals surface area contributed by atoms with Crippen molar-refractivity contribution in [2.75, 3.05) is 19.0 Å². The zero-order chi connectivity index (χ0) is 11.2. The van der Waals surface area contributed by atoms with E-state index in [0.717, 1.165) is 12.8 Å². The van der Waals surface area contributed by atoms with Crippen molar-refractivity contribution in [1.29, 1.82) is 0 Å². The Balaban J connectivity index is 4.53. The van der Waals surface area contributed by atoms with E-state index in [1.54, 1.807) is 0 Å². The zero-order valence-corrected chi connectivity index (χ0v) is 10.1. The minimum Gasteiger partial charge on any atom is -0.381 e. The van der Waals surface area contributed by atoms with E-state index in [0.29, 0.717) is 13.2 Å². The molecule has 0 aromatic heterocycles. The molecule has 4 nitrogen and oxygen atoms in total. The number of primary sulfonamides is 1. The van der Waals surface area contributed by atoms with Crippen LogP contribution in [-0.4, -0.2) is 27.4 Å². The second-order valence-electron chi connectivity index (χ2n) is 3.65. The van der Waals surface area contributed by atoms with Crippen LogP contribution in [0.1, 0.15) is 33.6 Å². The van der Waals surface area contributed by atoms with Gasteiger partial charge in [-0.2, -0.15) is 0 Å². The molecular formula is C9H21NO3S. The Morgan fingerprint density at radius 1 is 1.21 bits per heavy atom. The second kappa shape index (κ2) is 5.68. The van der Waals surface area contributed by atoms with Gasteiger partial charge in [-0.15, -0.1) is 0 Å². The molecule has 2 N–H and O–H groups in total. The molecule has 0 unspecified atom stereocenters. The number of hydrogen-bond acceptors (Lipinski definition) is 3. The van der Waals surface area contributed by atoms with Crippen LogP contribution in [0, 0.1) is 5.41 Å². The SMILES string of the molecule is CCOCC(CC)(CC)CS(N)(=O)=O. The number of ether oxygens (including phenoxy) is 1. The molecule has 0 fully saturated rings. The first-order valence-electron chi connectivity index (χ1n) is 4.97. The molecule has 0 rings (SSSR count). The van der Waals surface area contributed by atoms with Gasteiger partial charge in [-0.1, -0.05) is 13.8 Å². The molecule has 86 valence electrons. The van der Waals surface area contributed by atoms with Crippen LogP contribution in [-0.2, 0) is 14.8 Å². The fourth-order valence-corrected chi connectivity index (χ4v) is 2.79. The van der Waals surface area contributed by atoms with E-state index in [2.05, 4.69) is 0 Å². The van der Waals surface area contributed by atoms with Crippen LogP contribution in [0.15, 0.2) is 0 Å². The van der Waals surface area contributed by atoms with Crippen molar-refractivity contribution in [2.24, 2.45) is 10.6 Å². The van der Waals surface area contributed by atoms with Crippen molar-refractivity contribution >= 4 is 10.0 Å². The fraction of sp³-hybridized carbons (Fsp3) is 1.00. The van der Waals surface area contributed by atoms with Gasteiger partial charge in [-0.25, -0.2) is 13.6 Å². The van der Waals surface area contributed by atoms with Gasteiger partial charge in [-0.3, -0.25) is 0 Å². The Kier molecular flexibility index (Phi) is 5.63. The Labute approximate surface area is 86.9 Å². The van der Waals surface area contributed by atoms with Crippen LogP contribution in [0.25, 0.3) is 0 Å². The maximum Gasteiger partial charge on any atom is 0.209 e. The Morgan fingerprint density at radius 2 is 1.71 bits per heavy atom. The molecule has 0 aliphatic carbocycles. The molecule has 0 saturated heterocycles. The Morgan fingerprint density at radius 3 is 2.00 bits per heavy atom. The molecular weight excluding hydrogens is 202 g/mol. The highest BCUT2D eigenvalue weighted by molar-refractivity contribution is 7.89. The lowest BCUT2D eigenvalue weighted by molar-refractivity contribution is 0.0578. The lowest BCUT2D eigenvalue weighted by atomic mass is 9.85. The van der Waals surface area contributed by atoms with Gasteiger partial charge >= 0.3 is 0 Å². The Hall–Kier alpha value is -0.130. The molecule has 0 spiro atoms. The monoisotopic (exact) mass is 223 g/mol. The van der Waals surface area contributed by atoms with Gasteiger partial charge < -0.3 is 4.74 Å². The molecule has 0 atom stereocenters. The number of rotatable bonds is 7. The molecule has 0 aliphatic heterocycles. The van der Waals surface area contributed by atoms with Gasteiger partial charge in [0.25, 0.3) is 0 Å². The third-order valence-electron chi connectivity index (χ3n) is 2.62. The first-order valence-corrected chi connectivity index (χ1v) is 6.69. The largest absolute Gasteiger partial charge is 0.381 e. The summed E-state index contributed by atoms with van der Waals surface area (Å²) in [5.41, 5.74) is -0.316. The topological polar surface area (TPSA) is 69.4 Å². The summed E-state index contributed by atoms with van der Waals surface area (Å²) in [7, 11) is -3.42. The quantitative estimate of drug-likeness (QED) is 0.703. The van der Waals surface area contributed by atoms with Crippen LogP contribution in [0.4, 0.5) is 0 Å². The second-order valence-corrected chi connectivity index (χ2v) is 5.27. The smallest absolute Gasteiger partial charge is 0.209 e. The van der Waals surface area contributed by atoms with Gasteiger partial charge in [0, 0.05) is 12.0 Å². The van der Waals surface area contributed by atoms with E-state index in [4.69, 9.17) is 9.88 Å². The minimum atomic E-state index is -3.42. The molecule has 14 heavy (non-hydrogen) atoms. The predicted molar refractivity (Wildman–Crippen MR) is 57.5 cm³/mol. The van der Waals surface area contributed by atoms with Crippen LogP contribution in [0.5, 0.6) is 0 Å². The van der Waals surface area contributed by atoms with E-state index >= 15 is 0 Å². The van der Waals surface area contributed by atoms with E-state index < -0.39 is 10.0 Å². The summed E-state index contributed by atoms with van der Waals surface area (Å²) in [5, 5.41) is 5.06. The summed E-state index contributed by atoms with van der Waals surface area (Å²) in [6.07, 6.45) is 1.53. The van der Waals surface area contributed by atoms with E-state index in [1.165, 1.54) is 0 Å². The molecule has 0 radical (unpaired) electrons. The molecule has 0 amide bonds. The fourth-order valence-electron chi connectivity index (χ4n) is 1.45.